The Balaban J connectivity index is 1.19. The fraction of sp³-hybridized carbons (Fsp3) is 0.429. The topological polar surface area (TPSA) is 55.8 Å². The zero-order valence-corrected chi connectivity index (χ0v) is 29.2. The van der Waals surface area contributed by atoms with Crippen LogP contribution in [-0.4, -0.2) is 43.7 Å². The van der Waals surface area contributed by atoms with Crippen molar-refractivity contribution in [2.75, 3.05) is 18.6 Å². The van der Waals surface area contributed by atoms with Crippen LogP contribution in [0.5, 0.6) is 0 Å². The van der Waals surface area contributed by atoms with Crippen molar-refractivity contribution in [3.8, 4) is 0 Å². The monoisotopic (exact) mass is 721 g/mol. The van der Waals surface area contributed by atoms with Crippen molar-refractivity contribution in [3.63, 3.8) is 0 Å². The predicted molar refractivity (Wildman–Crippen MR) is 190 cm³/mol. The summed E-state index contributed by atoms with van der Waals surface area (Å²) in [5.74, 6) is -6.67. The third kappa shape index (κ3) is 8.02. The lowest BCUT2D eigenvalue weighted by molar-refractivity contribution is -0.283. The molecule has 10 heteroatoms. The molecule has 0 aromatic heterocycles. The van der Waals surface area contributed by atoms with Crippen molar-refractivity contribution in [1.82, 2.24) is 0 Å². The Morgan fingerprint density at radius 1 is 0.788 bits per heavy atom. The summed E-state index contributed by atoms with van der Waals surface area (Å²) in [7, 11) is 0.685. The van der Waals surface area contributed by atoms with Crippen molar-refractivity contribution in [2.24, 2.45) is 11.8 Å². The Hall–Kier alpha value is -4.31. The first-order chi connectivity index (χ1) is 24.9. The summed E-state index contributed by atoms with van der Waals surface area (Å²) >= 11 is 0. The van der Waals surface area contributed by atoms with Crippen LogP contribution in [0.2, 0.25) is 0 Å². The first-order valence-corrected chi connectivity index (χ1v) is 18.1. The van der Waals surface area contributed by atoms with Crippen molar-refractivity contribution < 1.29 is 41.0 Å². The lowest BCUT2D eigenvalue weighted by atomic mass is 9.83. The standard InChI is InChI=1S/C42H44F5NO4/c1-51-41(42(45,46)47,35-13-3-2-4-14-35)39(50)52-37-24-21-34(28-40(37,43)44)38(49)48(26-25-31-17-20-32-11-7-8-12-33(32)27-31)36-22-18-30(19-23-36)16-15-29-9-5-6-10-29/h2-4,7-8,11-14,17-20,22-23,27,29,34,37H,5-6,9-10,15-16,21,24-26,28H2,1H3/t34-,37+,41+/m1/s1. The highest BCUT2D eigenvalue weighted by Gasteiger charge is 2.65. The van der Waals surface area contributed by atoms with Crippen LogP contribution < -0.4 is 4.90 Å². The fourth-order valence-corrected chi connectivity index (χ4v) is 7.82. The van der Waals surface area contributed by atoms with Gasteiger partial charge in [0.05, 0.1) is 0 Å². The lowest BCUT2D eigenvalue weighted by Crippen LogP contribution is -2.55. The third-order valence-electron chi connectivity index (χ3n) is 10.8. The van der Waals surface area contributed by atoms with Crippen LogP contribution in [0.25, 0.3) is 10.8 Å². The molecule has 3 atom stereocenters. The highest BCUT2D eigenvalue weighted by atomic mass is 19.4. The van der Waals surface area contributed by atoms with Crippen LogP contribution in [-0.2, 0) is 37.5 Å². The Kier molecular flexibility index (Phi) is 11.3. The number of alkyl halides is 5. The van der Waals surface area contributed by atoms with Gasteiger partial charge >= 0.3 is 12.1 Å². The van der Waals surface area contributed by atoms with Crippen LogP contribution in [0, 0.1) is 11.8 Å². The molecule has 2 aliphatic rings. The molecule has 2 fully saturated rings. The number of rotatable bonds is 12. The number of fused-ring (bicyclic) bond motifs is 1. The number of carbonyl (C=O) groups is 2. The molecule has 1 amide bonds. The van der Waals surface area contributed by atoms with E-state index in [1.165, 1.54) is 48.8 Å². The SMILES string of the molecule is CO[C@](C(=O)O[C@H]1CC[C@@H](C(=O)N(CCc2ccc3ccccc3c2)c2ccc(CCC3CCCC3)cc2)CC1(F)F)(c1ccccc1)C(F)(F)F. The Labute approximate surface area is 301 Å². The normalized spacial score (nSPS) is 20.3. The van der Waals surface area contributed by atoms with Crippen molar-refractivity contribution in [3.05, 3.63) is 114 Å². The quantitative estimate of drug-likeness (QED) is 0.108. The largest absolute Gasteiger partial charge is 0.453 e. The van der Waals surface area contributed by atoms with E-state index in [-0.39, 0.29) is 13.0 Å². The van der Waals surface area contributed by atoms with Gasteiger partial charge in [-0.25, -0.2) is 13.6 Å². The molecular weight excluding hydrogens is 677 g/mol. The summed E-state index contributed by atoms with van der Waals surface area (Å²) in [5, 5.41) is 2.13. The maximum absolute atomic E-state index is 15.8. The molecule has 5 nitrogen and oxygen atoms in total. The number of aryl methyl sites for hydroxylation is 1. The summed E-state index contributed by atoms with van der Waals surface area (Å²) in [6.45, 7) is 0.234. The molecule has 52 heavy (non-hydrogen) atoms. The minimum absolute atomic E-state index is 0.102. The molecule has 0 bridgehead atoms. The maximum atomic E-state index is 15.8. The summed E-state index contributed by atoms with van der Waals surface area (Å²) in [5.41, 5.74) is -1.47. The van der Waals surface area contributed by atoms with E-state index >= 15 is 8.78 Å². The van der Waals surface area contributed by atoms with E-state index in [1.54, 1.807) is 0 Å². The van der Waals surface area contributed by atoms with Crippen LogP contribution in [0.3, 0.4) is 0 Å². The van der Waals surface area contributed by atoms with E-state index in [2.05, 4.69) is 0 Å². The van der Waals surface area contributed by atoms with Gasteiger partial charge in [0.1, 0.15) is 0 Å². The van der Waals surface area contributed by atoms with Gasteiger partial charge in [-0.1, -0.05) is 111 Å². The molecule has 0 heterocycles. The first kappa shape index (κ1) is 37.4. The molecule has 0 saturated heterocycles. The minimum atomic E-state index is -5.31. The second-order valence-electron chi connectivity index (χ2n) is 14.2. The van der Waals surface area contributed by atoms with Gasteiger partial charge in [0.2, 0.25) is 5.91 Å². The van der Waals surface area contributed by atoms with Crippen LogP contribution in [0.15, 0.2) is 97.1 Å². The molecule has 0 aliphatic heterocycles. The average Bonchev–Trinajstić information content (AvgIpc) is 3.66. The molecule has 2 aliphatic carbocycles. The van der Waals surface area contributed by atoms with Gasteiger partial charge in [-0.2, -0.15) is 13.2 Å². The van der Waals surface area contributed by atoms with Crippen molar-refractivity contribution >= 4 is 28.3 Å². The summed E-state index contributed by atoms with van der Waals surface area (Å²) in [4.78, 5) is 28.9. The minimum Gasteiger partial charge on any atom is -0.453 e. The first-order valence-electron chi connectivity index (χ1n) is 18.1. The van der Waals surface area contributed by atoms with Gasteiger partial charge in [0.15, 0.2) is 6.10 Å². The lowest BCUT2D eigenvalue weighted by Gasteiger charge is -2.39. The second kappa shape index (κ2) is 15.7. The van der Waals surface area contributed by atoms with Gasteiger partial charge in [0.25, 0.3) is 11.5 Å². The fourth-order valence-electron chi connectivity index (χ4n) is 7.82. The molecule has 276 valence electrons. The van der Waals surface area contributed by atoms with E-state index in [0.717, 1.165) is 52.8 Å². The molecule has 0 spiro atoms. The molecule has 6 rings (SSSR count). The Bertz CT molecular complexity index is 1820. The smallest absolute Gasteiger partial charge is 0.432 e. The zero-order valence-electron chi connectivity index (χ0n) is 29.2. The number of anilines is 1. The number of hydrogen-bond donors (Lipinski definition) is 0. The number of amides is 1. The number of esters is 1. The van der Waals surface area contributed by atoms with Gasteiger partial charge in [-0.05, 0) is 72.1 Å². The van der Waals surface area contributed by atoms with Crippen LogP contribution in [0.1, 0.15) is 68.1 Å². The number of methoxy groups -OCH3 is 1. The van der Waals surface area contributed by atoms with Gasteiger partial charge in [-0.3, -0.25) is 4.79 Å². The second-order valence-corrected chi connectivity index (χ2v) is 14.2. The molecule has 2 saturated carbocycles. The number of carbonyl (C=O) groups excluding carboxylic acids is 2. The zero-order chi connectivity index (χ0) is 36.9. The number of halogens is 5. The predicted octanol–water partition coefficient (Wildman–Crippen LogP) is 9.99. The van der Waals surface area contributed by atoms with E-state index in [0.29, 0.717) is 19.2 Å². The molecule has 0 N–H and O–H groups in total. The van der Waals surface area contributed by atoms with E-state index < -0.39 is 60.0 Å². The summed E-state index contributed by atoms with van der Waals surface area (Å²) in [6, 6.07) is 27.7. The molecule has 4 aromatic rings. The van der Waals surface area contributed by atoms with Crippen LogP contribution in [0.4, 0.5) is 27.6 Å². The van der Waals surface area contributed by atoms with Crippen molar-refractivity contribution in [2.45, 2.75) is 88.0 Å². The van der Waals surface area contributed by atoms with E-state index in [1.807, 2.05) is 66.7 Å². The summed E-state index contributed by atoms with van der Waals surface area (Å²) < 4.78 is 84.6. The van der Waals surface area contributed by atoms with Gasteiger partial charge < -0.3 is 14.4 Å². The highest BCUT2D eigenvalue weighted by molar-refractivity contribution is 5.95. The van der Waals surface area contributed by atoms with Gasteiger partial charge in [0, 0.05) is 37.2 Å². The highest BCUT2D eigenvalue weighted by Crippen LogP contribution is 2.46. The Morgan fingerprint density at radius 2 is 1.44 bits per heavy atom. The Morgan fingerprint density at radius 3 is 2.10 bits per heavy atom. The maximum Gasteiger partial charge on any atom is 0.432 e. The van der Waals surface area contributed by atoms with Gasteiger partial charge in [-0.15, -0.1) is 0 Å². The van der Waals surface area contributed by atoms with E-state index in [9.17, 15) is 22.8 Å². The van der Waals surface area contributed by atoms with E-state index in [4.69, 9.17) is 9.47 Å². The average molecular weight is 722 g/mol. The number of nitrogens with zero attached hydrogens (tertiary/aromatic N) is 1. The summed E-state index contributed by atoms with van der Waals surface area (Å²) in [6.07, 6.45) is -1.50. The molecule has 0 radical (unpaired) electrons. The van der Waals surface area contributed by atoms with Crippen LogP contribution >= 0.6 is 0 Å². The molecule has 0 unspecified atom stereocenters. The van der Waals surface area contributed by atoms with Crippen molar-refractivity contribution in [1.29, 1.82) is 0 Å². The number of hydrogen-bond acceptors (Lipinski definition) is 4. The number of ether oxygens (including phenoxy) is 2. The molecule has 4 aromatic carbocycles. The number of benzene rings is 4. The molecular formula is C42H44F5NO4. The third-order valence-corrected chi connectivity index (χ3v) is 10.8.